The van der Waals surface area contributed by atoms with Crippen LogP contribution in [0.4, 0.5) is 8.78 Å². The van der Waals surface area contributed by atoms with Gasteiger partial charge in [0.05, 0.1) is 0 Å². The maximum Gasteiger partial charge on any atom is 0.318 e. The Bertz CT molecular complexity index is 888. The van der Waals surface area contributed by atoms with Gasteiger partial charge in [-0.05, 0) is 23.8 Å². The first-order valence-corrected chi connectivity index (χ1v) is 9.35. The van der Waals surface area contributed by atoms with Crippen LogP contribution in [-0.2, 0) is 26.7 Å². The number of nitrogens with zero attached hydrogens (tertiary/aromatic N) is 3. The molecule has 0 saturated heterocycles. The van der Waals surface area contributed by atoms with E-state index in [1.165, 1.54) is 14.1 Å². The number of nitrogens with one attached hydrogen (secondary N) is 1. The Morgan fingerprint density at radius 2 is 1.92 bits per heavy atom. The van der Waals surface area contributed by atoms with Crippen molar-refractivity contribution >= 4 is 26.6 Å². The van der Waals surface area contributed by atoms with Crippen LogP contribution in [0.2, 0.25) is 0 Å². The molecule has 2 rings (SSSR count). The predicted molar refractivity (Wildman–Crippen MR) is 82.0 cm³/mol. The van der Waals surface area contributed by atoms with Crippen molar-refractivity contribution in [3.63, 3.8) is 0 Å². The molecule has 1 unspecified atom stereocenters. The van der Waals surface area contributed by atoms with Crippen molar-refractivity contribution in [2.75, 3.05) is 14.1 Å². The van der Waals surface area contributed by atoms with E-state index in [4.69, 9.17) is 5.14 Å². The number of nitrogens with two attached hydrogens (primary N) is 1. The van der Waals surface area contributed by atoms with E-state index < -0.39 is 43.3 Å². The van der Waals surface area contributed by atoms with Crippen molar-refractivity contribution in [2.45, 2.75) is 11.4 Å². The summed E-state index contributed by atoms with van der Waals surface area (Å²) in [6.45, 7) is 0. The molecule has 1 aliphatic heterocycles. The van der Waals surface area contributed by atoms with Gasteiger partial charge in [-0.2, -0.15) is 22.6 Å². The van der Waals surface area contributed by atoms with Gasteiger partial charge in [0.2, 0.25) is 4.99 Å². The van der Waals surface area contributed by atoms with Gasteiger partial charge in [-0.15, -0.1) is 0 Å². The minimum atomic E-state index is -4.53. The summed E-state index contributed by atoms with van der Waals surface area (Å²) in [5.41, 5.74) is 1.81. The molecule has 1 aromatic carbocycles. The summed E-state index contributed by atoms with van der Waals surface area (Å²) in [6.07, 6.45) is -0.0116. The van der Waals surface area contributed by atoms with Crippen molar-refractivity contribution in [3.8, 4) is 0 Å². The van der Waals surface area contributed by atoms with Crippen LogP contribution in [0.1, 0.15) is 5.56 Å². The maximum atomic E-state index is 13.8. The van der Waals surface area contributed by atoms with Crippen LogP contribution >= 0.6 is 0 Å². The highest BCUT2D eigenvalue weighted by atomic mass is 32.2. The van der Waals surface area contributed by atoms with Gasteiger partial charge in [-0.25, -0.2) is 27.3 Å². The Balaban J connectivity index is 2.46. The molecule has 0 aromatic heterocycles. The monoisotopic (exact) mass is 383 g/mol. The highest BCUT2D eigenvalue weighted by Gasteiger charge is 2.49. The number of rotatable bonds is 5. The molecule has 1 atom stereocenters. The second-order valence-electron chi connectivity index (χ2n) is 5.18. The third-order valence-electron chi connectivity index (χ3n) is 3.27. The molecule has 0 spiro atoms. The average Bonchev–Trinajstić information content (AvgIpc) is 2.88. The predicted octanol–water partition coefficient (Wildman–Crippen LogP) is -0.895. The van der Waals surface area contributed by atoms with Crippen LogP contribution in [0.3, 0.4) is 0 Å². The number of sulfonamides is 1. The molecule has 0 aliphatic carbocycles. The van der Waals surface area contributed by atoms with Gasteiger partial charge in [-0.1, -0.05) is 0 Å². The third kappa shape index (κ3) is 3.25. The second kappa shape index (κ2) is 6.00. The van der Waals surface area contributed by atoms with Crippen LogP contribution in [-0.4, -0.2) is 51.0 Å². The smallest absolute Gasteiger partial charge is 0.232 e. The molecule has 13 heteroatoms. The zero-order valence-electron chi connectivity index (χ0n) is 12.6. The molecular weight excluding hydrogens is 368 g/mol. The molecule has 1 aromatic rings. The van der Waals surface area contributed by atoms with E-state index in [1.807, 2.05) is 0 Å². The summed E-state index contributed by atoms with van der Waals surface area (Å²) >= 11 is 0. The SMILES string of the molecule is CN(C)S(=O)(=O)N1C=NC(Cc2cc(F)ccc2F)(S(N)(=O)=O)N1. The number of hydrogen-bond donors (Lipinski definition) is 2. The molecule has 3 N–H and O–H groups in total. The van der Waals surface area contributed by atoms with E-state index in [-0.39, 0.29) is 5.56 Å². The minimum Gasteiger partial charge on any atom is -0.232 e. The summed E-state index contributed by atoms with van der Waals surface area (Å²) in [7, 11) is -6.20. The lowest BCUT2D eigenvalue weighted by atomic mass is 10.1. The Labute approximate surface area is 138 Å². The molecule has 1 heterocycles. The Kier molecular flexibility index (Phi) is 4.67. The molecule has 9 nitrogen and oxygen atoms in total. The molecule has 0 radical (unpaired) electrons. The van der Waals surface area contributed by atoms with E-state index in [0.717, 1.165) is 22.5 Å². The topological polar surface area (TPSA) is 125 Å². The molecule has 24 heavy (non-hydrogen) atoms. The van der Waals surface area contributed by atoms with E-state index in [2.05, 4.69) is 10.4 Å². The van der Waals surface area contributed by atoms with Gasteiger partial charge in [0.25, 0.3) is 10.0 Å². The summed E-state index contributed by atoms with van der Waals surface area (Å²) in [5, 5.41) is 5.14. The van der Waals surface area contributed by atoms with Gasteiger partial charge in [0.1, 0.15) is 18.0 Å². The van der Waals surface area contributed by atoms with Crippen LogP contribution in [0.15, 0.2) is 23.2 Å². The normalized spacial score (nSPS) is 21.7. The van der Waals surface area contributed by atoms with Gasteiger partial charge in [-0.3, -0.25) is 0 Å². The largest absolute Gasteiger partial charge is 0.318 e. The van der Waals surface area contributed by atoms with Crippen LogP contribution < -0.4 is 10.6 Å². The fourth-order valence-corrected chi connectivity index (χ4v) is 3.55. The Morgan fingerprint density at radius 3 is 2.46 bits per heavy atom. The zero-order chi connectivity index (χ0) is 18.3. The number of aliphatic imine (C=N–C) groups is 1. The van der Waals surface area contributed by atoms with Crippen molar-refractivity contribution in [1.29, 1.82) is 0 Å². The number of benzene rings is 1. The van der Waals surface area contributed by atoms with Crippen LogP contribution in [0, 0.1) is 11.6 Å². The summed E-state index contributed by atoms with van der Waals surface area (Å²) in [4.78, 5) is 1.23. The fraction of sp³-hybridized carbons (Fsp3) is 0.364. The number of halogens is 2. The van der Waals surface area contributed by atoms with Crippen molar-refractivity contribution in [3.05, 3.63) is 35.4 Å². The number of hydrazine groups is 1. The Hall–Kier alpha value is -1.67. The second-order valence-corrected chi connectivity index (χ2v) is 8.97. The molecule has 1 aliphatic rings. The molecule has 0 fully saturated rings. The maximum absolute atomic E-state index is 13.8. The van der Waals surface area contributed by atoms with Crippen molar-refractivity contribution in [2.24, 2.45) is 10.1 Å². The molecule has 0 saturated carbocycles. The highest BCUT2D eigenvalue weighted by molar-refractivity contribution is 7.90. The summed E-state index contributed by atoms with van der Waals surface area (Å²) in [6, 6.07) is 2.45. The molecular formula is C11H15F2N5O4S2. The number of primary sulfonamides is 1. The third-order valence-corrected chi connectivity index (χ3v) is 6.16. The zero-order valence-corrected chi connectivity index (χ0v) is 14.3. The van der Waals surface area contributed by atoms with E-state index in [1.54, 1.807) is 0 Å². The lowest BCUT2D eigenvalue weighted by molar-refractivity contribution is 0.342. The fourth-order valence-electron chi connectivity index (χ4n) is 1.93. The quantitative estimate of drug-likeness (QED) is 0.682. The van der Waals surface area contributed by atoms with E-state index in [0.29, 0.717) is 10.8 Å². The van der Waals surface area contributed by atoms with Crippen molar-refractivity contribution in [1.82, 2.24) is 14.1 Å². The summed E-state index contributed by atoms with van der Waals surface area (Å²) < 4.78 is 76.3. The van der Waals surface area contributed by atoms with Crippen molar-refractivity contribution < 1.29 is 25.6 Å². The lowest BCUT2D eigenvalue weighted by Gasteiger charge is -2.28. The van der Waals surface area contributed by atoms with Gasteiger partial charge < -0.3 is 0 Å². The molecule has 0 amide bonds. The van der Waals surface area contributed by atoms with E-state index in [9.17, 15) is 25.6 Å². The number of hydrogen-bond acceptors (Lipinski definition) is 6. The average molecular weight is 383 g/mol. The van der Waals surface area contributed by atoms with Gasteiger partial charge in [0, 0.05) is 20.5 Å². The lowest BCUT2D eigenvalue weighted by Crippen LogP contribution is -2.58. The first kappa shape index (κ1) is 18.7. The summed E-state index contributed by atoms with van der Waals surface area (Å²) in [5.74, 6) is -1.68. The first-order chi connectivity index (χ1) is 10.9. The molecule has 0 bridgehead atoms. The van der Waals surface area contributed by atoms with E-state index >= 15 is 0 Å². The van der Waals surface area contributed by atoms with Gasteiger partial charge >= 0.3 is 10.2 Å². The Morgan fingerprint density at radius 1 is 1.29 bits per heavy atom. The van der Waals surface area contributed by atoms with Crippen LogP contribution in [0.5, 0.6) is 0 Å². The first-order valence-electron chi connectivity index (χ1n) is 6.40. The standard InChI is InChI=1S/C11H15F2N5O4S2/c1-17(2)24(21,22)18-7-15-11(16-18,23(14,19)20)6-8-5-9(12)3-4-10(8)13/h3-5,7,16H,6H2,1-2H3,(H2,14,19,20). The van der Waals surface area contributed by atoms with Crippen LogP contribution in [0.25, 0.3) is 0 Å². The highest BCUT2D eigenvalue weighted by Crippen LogP contribution is 2.26. The van der Waals surface area contributed by atoms with Gasteiger partial charge in [0.15, 0.2) is 0 Å². The molecule has 134 valence electrons. The minimum absolute atomic E-state index is 0.335.